The van der Waals surface area contributed by atoms with E-state index in [0.29, 0.717) is 0 Å². The predicted molar refractivity (Wildman–Crippen MR) is 89.0 cm³/mol. The number of amides is 1. The summed E-state index contributed by atoms with van der Waals surface area (Å²) in [5, 5.41) is 5.45. The van der Waals surface area contributed by atoms with Crippen LogP contribution in [0.5, 0.6) is 0 Å². The van der Waals surface area contributed by atoms with E-state index in [1.807, 2.05) is 25.1 Å². The third kappa shape index (κ3) is 4.09. The quantitative estimate of drug-likeness (QED) is 0.788. The number of benzene rings is 2. The maximum absolute atomic E-state index is 13.5. The summed E-state index contributed by atoms with van der Waals surface area (Å²) in [5.74, 6) is -1.17. The first-order chi connectivity index (χ1) is 9.97. The molecule has 0 bridgehead atoms. The molecule has 0 aliphatic heterocycles. The molecule has 0 radical (unpaired) electrons. The lowest BCUT2D eigenvalue weighted by Gasteiger charge is -2.11. The number of carbonyl (C=O) groups is 1. The summed E-state index contributed by atoms with van der Waals surface area (Å²) in [7, 11) is 0. The van der Waals surface area contributed by atoms with Gasteiger partial charge in [0.25, 0.3) is 5.91 Å². The van der Waals surface area contributed by atoms with E-state index in [0.717, 1.165) is 15.7 Å². The number of anilines is 1. The normalized spacial score (nSPS) is 10.0. The van der Waals surface area contributed by atoms with Crippen molar-refractivity contribution < 1.29 is 9.18 Å². The van der Waals surface area contributed by atoms with Crippen LogP contribution in [0.25, 0.3) is 0 Å². The van der Waals surface area contributed by atoms with Crippen molar-refractivity contribution in [2.45, 2.75) is 6.92 Å². The Labute approximate surface area is 135 Å². The second-order valence-corrected chi connectivity index (χ2v) is 5.61. The van der Waals surface area contributed by atoms with Gasteiger partial charge < -0.3 is 5.32 Å². The van der Waals surface area contributed by atoms with Crippen LogP contribution in [-0.2, 0) is 0 Å². The fourth-order valence-electron chi connectivity index (χ4n) is 1.70. The third-order valence-electron chi connectivity index (χ3n) is 2.76. The highest BCUT2D eigenvalue weighted by atomic mass is 79.9. The lowest BCUT2D eigenvalue weighted by atomic mass is 10.2. The number of hydrogen-bond donors (Lipinski definition) is 2. The number of nitrogens with one attached hydrogen (secondary N) is 2. The molecule has 0 aliphatic carbocycles. The summed E-state index contributed by atoms with van der Waals surface area (Å²) in [5.41, 5.74) is 1.73. The van der Waals surface area contributed by atoms with Gasteiger partial charge in [-0.25, -0.2) is 4.39 Å². The number of thiocarbonyl (C=S) groups is 1. The number of aryl methyl sites for hydroxylation is 1. The summed E-state index contributed by atoms with van der Waals surface area (Å²) in [6, 6.07) is 11.3. The lowest BCUT2D eigenvalue weighted by molar-refractivity contribution is 0.0974. The largest absolute Gasteiger partial charge is 0.332 e. The topological polar surface area (TPSA) is 41.1 Å². The highest BCUT2D eigenvalue weighted by molar-refractivity contribution is 9.10. The van der Waals surface area contributed by atoms with Crippen molar-refractivity contribution in [1.29, 1.82) is 0 Å². The highest BCUT2D eigenvalue weighted by Gasteiger charge is 2.12. The number of carbonyl (C=O) groups excluding carboxylic acids is 1. The lowest BCUT2D eigenvalue weighted by Crippen LogP contribution is -2.34. The zero-order chi connectivity index (χ0) is 15.4. The van der Waals surface area contributed by atoms with Gasteiger partial charge >= 0.3 is 0 Å². The monoisotopic (exact) mass is 366 g/mol. The van der Waals surface area contributed by atoms with Crippen LogP contribution in [0.2, 0.25) is 0 Å². The summed E-state index contributed by atoms with van der Waals surface area (Å²) in [6.07, 6.45) is 0. The second-order valence-electron chi connectivity index (χ2n) is 4.35. The van der Waals surface area contributed by atoms with Gasteiger partial charge in [0, 0.05) is 10.2 Å². The molecule has 3 nitrogen and oxygen atoms in total. The first-order valence-electron chi connectivity index (χ1n) is 6.10. The maximum Gasteiger partial charge on any atom is 0.260 e. The summed E-state index contributed by atoms with van der Waals surface area (Å²) < 4.78 is 14.5. The Morgan fingerprint density at radius 3 is 2.62 bits per heavy atom. The maximum atomic E-state index is 13.5. The van der Waals surface area contributed by atoms with E-state index in [4.69, 9.17) is 12.2 Å². The number of halogens is 2. The van der Waals surface area contributed by atoms with Gasteiger partial charge in [0.2, 0.25) is 0 Å². The van der Waals surface area contributed by atoms with E-state index < -0.39 is 11.7 Å². The SMILES string of the molecule is Cc1cc(NC(=S)NC(=O)c2ccccc2F)ccc1Br. The summed E-state index contributed by atoms with van der Waals surface area (Å²) in [4.78, 5) is 11.9. The molecule has 0 aliphatic rings. The predicted octanol–water partition coefficient (Wildman–Crippen LogP) is 4.02. The zero-order valence-electron chi connectivity index (χ0n) is 11.1. The Morgan fingerprint density at radius 1 is 1.24 bits per heavy atom. The second kappa shape index (κ2) is 6.78. The fraction of sp³-hybridized carbons (Fsp3) is 0.0667. The minimum atomic E-state index is -0.586. The van der Waals surface area contributed by atoms with Crippen molar-refractivity contribution in [3.63, 3.8) is 0 Å². The average Bonchev–Trinajstić information content (AvgIpc) is 2.43. The van der Waals surface area contributed by atoms with E-state index in [1.165, 1.54) is 18.2 Å². The molecule has 2 aromatic carbocycles. The Kier molecular flexibility index (Phi) is 5.03. The first kappa shape index (κ1) is 15.6. The third-order valence-corrected chi connectivity index (χ3v) is 3.86. The van der Waals surface area contributed by atoms with E-state index >= 15 is 0 Å². The standard InChI is InChI=1S/C15H12BrFN2OS/c1-9-8-10(6-7-12(9)16)18-15(21)19-14(20)11-4-2-3-5-13(11)17/h2-8H,1H3,(H2,18,19,20,21). The molecule has 2 N–H and O–H groups in total. The molecule has 0 saturated carbocycles. The molecule has 0 heterocycles. The molecule has 0 fully saturated rings. The molecule has 0 aromatic heterocycles. The minimum Gasteiger partial charge on any atom is -0.332 e. The van der Waals surface area contributed by atoms with Crippen LogP contribution in [0.3, 0.4) is 0 Å². The van der Waals surface area contributed by atoms with Crippen molar-refractivity contribution in [2.24, 2.45) is 0 Å². The minimum absolute atomic E-state index is 0.0476. The molecular weight excluding hydrogens is 355 g/mol. The summed E-state index contributed by atoms with van der Waals surface area (Å²) >= 11 is 8.46. The first-order valence-corrected chi connectivity index (χ1v) is 7.30. The Balaban J connectivity index is 2.03. The van der Waals surface area contributed by atoms with Crippen LogP contribution in [0.4, 0.5) is 10.1 Å². The van der Waals surface area contributed by atoms with Crippen molar-refractivity contribution >= 4 is 44.9 Å². The van der Waals surface area contributed by atoms with Crippen LogP contribution in [-0.4, -0.2) is 11.0 Å². The van der Waals surface area contributed by atoms with Gasteiger partial charge in [-0.15, -0.1) is 0 Å². The van der Waals surface area contributed by atoms with Crippen molar-refractivity contribution in [1.82, 2.24) is 5.32 Å². The van der Waals surface area contributed by atoms with Gasteiger partial charge in [-0.2, -0.15) is 0 Å². The van der Waals surface area contributed by atoms with E-state index in [2.05, 4.69) is 26.6 Å². The van der Waals surface area contributed by atoms with Crippen molar-refractivity contribution in [3.8, 4) is 0 Å². The van der Waals surface area contributed by atoms with E-state index in [-0.39, 0.29) is 10.7 Å². The Bertz CT molecular complexity index is 706. The smallest absolute Gasteiger partial charge is 0.260 e. The average molecular weight is 367 g/mol. The zero-order valence-corrected chi connectivity index (χ0v) is 13.5. The Hall–Kier alpha value is -1.79. The summed E-state index contributed by atoms with van der Waals surface area (Å²) in [6.45, 7) is 1.94. The molecule has 108 valence electrons. The molecule has 6 heteroatoms. The fourth-order valence-corrected chi connectivity index (χ4v) is 2.16. The molecule has 0 unspecified atom stereocenters. The highest BCUT2D eigenvalue weighted by Crippen LogP contribution is 2.19. The van der Waals surface area contributed by atoms with Gasteiger partial charge in [-0.1, -0.05) is 28.1 Å². The van der Waals surface area contributed by atoms with Crippen molar-refractivity contribution in [3.05, 3.63) is 63.9 Å². The molecule has 21 heavy (non-hydrogen) atoms. The molecule has 0 saturated heterocycles. The van der Waals surface area contributed by atoms with Crippen molar-refractivity contribution in [2.75, 3.05) is 5.32 Å². The molecule has 2 rings (SSSR count). The molecule has 0 atom stereocenters. The van der Waals surface area contributed by atoms with Crippen LogP contribution in [0, 0.1) is 12.7 Å². The van der Waals surface area contributed by atoms with Gasteiger partial charge in [-0.05, 0) is 55.0 Å². The Morgan fingerprint density at radius 2 is 1.95 bits per heavy atom. The van der Waals surface area contributed by atoms with Gasteiger partial charge in [0.15, 0.2) is 5.11 Å². The van der Waals surface area contributed by atoms with Gasteiger partial charge in [0.1, 0.15) is 5.82 Å². The van der Waals surface area contributed by atoms with Crippen LogP contribution in [0.1, 0.15) is 15.9 Å². The van der Waals surface area contributed by atoms with Gasteiger partial charge in [0.05, 0.1) is 5.56 Å². The van der Waals surface area contributed by atoms with Crippen LogP contribution >= 0.6 is 28.1 Å². The van der Waals surface area contributed by atoms with Crippen LogP contribution < -0.4 is 10.6 Å². The molecule has 1 amide bonds. The van der Waals surface area contributed by atoms with Gasteiger partial charge in [-0.3, -0.25) is 10.1 Å². The van der Waals surface area contributed by atoms with E-state index in [1.54, 1.807) is 6.07 Å². The molecule has 0 spiro atoms. The number of rotatable bonds is 2. The van der Waals surface area contributed by atoms with Crippen LogP contribution in [0.15, 0.2) is 46.9 Å². The molecular formula is C15H12BrFN2OS. The molecule has 2 aromatic rings. The van der Waals surface area contributed by atoms with E-state index in [9.17, 15) is 9.18 Å². The number of hydrogen-bond acceptors (Lipinski definition) is 2.